The summed E-state index contributed by atoms with van der Waals surface area (Å²) in [6.45, 7) is 0. The van der Waals surface area contributed by atoms with Gasteiger partial charge in [-0.2, -0.15) is 0 Å². The fourth-order valence-electron chi connectivity index (χ4n) is 10.4. The second kappa shape index (κ2) is 14.4. The van der Waals surface area contributed by atoms with Gasteiger partial charge in [0, 0.05) is 67.2 Å². The number of H-pyrrole nitrogens is 1. The molecular weight excluding hydrogens is 791 g/mol. The molecular formula is C60H41N5. The van der Waals surface area contributed by atoms with Crippen molar-refractivity contribution in [3.63, 3.8) is 0 Å². The largest absolute Gasteiger partial charge is 0.354 e. The zero-order chi connectivity index (χ0) is 43.2. The third-order valence-corrected chi connectivity index (χ3v) is 13.5. The van der Waals surface area contributed by atoms with Gasteiger partial charge >= 0.3 is 0 Å². The number of hydrogen-bond acceptors (Lipinski definition) is 2. The Morgan fingerprint density at radius 2 is 0.954 bits per heavy atom. The predicted octanol–water partition coefficient (Wildman–Crippen LogP) is 15.3. The first-order valence-corrected chi connectivity index (χ1v) is 22.2. The van der Waals surface area contributed by atoms with Crippen LogP contribution in [0.3, 0.4) is 0 Å². The molecule has 0 aliphatic carbocycles. The SMILES string of the molecule is CN(c1ccccc1C(=N)c1ccccc1)n1c2ccccc2c2cc(-c3ccc4c(c3)c3cc(-c5ccc6[nH]c7ccc8ccccc8c7c6c5)ccc3n4-c3ccccc3)ccc21. The van der Waals surface area contributed by atoms with E-state index in [-0.39, 0.29) is 0 Å². The molecule has 3 heterocycles. The van der Waals surface area contributed by atoms with Gasteiger partial charge in [-0.05, 0) is 112 Å². The number of aromatic nitrogens is 3. The molecule has 0 bridgehead atoms. The summed E-state index contributed by atoms with van der Waals surface area (Å²) in [5, 5.41) is 21.2. The van der Waals surface area contributed by atoms with Crippen molar-refractivity contribution in [3.05, 3.63) is 230 Å². The minimum atomic E-state index is 0.497. The van der Waals surface area contributed by atoms with Crippen LogP contribution in [0.5, 0.6) is 0 Å². The average molecular weight is 832 g/mol. The molecule has 13 aromatic rings. The molecule has 0 saturated carbocycles. The molecule has 13 rings (SSSR count). The fraction of sp³-hybridized carbons (Fsp3) is 0.0167. The maximum atomic E-state index is 9.23. The number of fused-ring (bicyclic) bond motifs is 11. The lowest BCUT2D eigenvalue weighted by molar-refractivity contribution is 0.836. The van der Waals surface area contributed by atoms with E-state index in [2.05, 4.69) is 202 Å². The molecule has 65 heavy (non-hydrogen) atoms. The van der Waals surface area contributed by atoms with Gasteiger partial charge < -0.3 is 9.55 Å². The van der Waals surface area contributed by atoms with Crippen LogP contribution in [0, 0.1) is 5.41 Å². The quantitative estimate of drug-likeness (QED) is 0.154. The van der Waals surface area contributed by atoms with Gasteiger partial charge in [0.15, 0.2) is 0 Å². The Morgan fingerprint density at radius 1 is 0.431 bits per heavy atom. The van der Waals surface area contributed by atoms with Crippen molar-refractivity contribution in [2.24, 2.45) is 0 Å². The second-order valence-corrected chi connectivity index (χ2v) is 17.1. The highest BCUT2D eigenvalue weighted by Gasteiger charge is 2.21. The molecule has 0 saturated heterocycles. The first-order chi connectivity index (χ1) is 32.1. The topological polar surface area (TPSA) is 52.7 Å². The van der Waals surface area contributed by atoms with Crippen molar-refractivity contribution in [2.75, 3.05) is 12.1 Å². The molecule has 0 aliphatic rings. The van der Waals surface area contributed by atoms with Crippen LogP contribution in [0.15, 0.2) is 218 Å². The Kier molecular flexibility index (Phi) is 8.21. The third kappa shape index (κ3) is 5.76. The minimum Gasteiger partial charge on any atom is -0.354 e. The van der Waals surface area contributed by atoms with E-state index in [0.717, 1.165) is 55.7 Å². The number of benzene rings is 10. The van der Waals surface area contributed by atoms with Crippen LogP contribution in [0.25, 0.3) is 104 Å². The van der Waals surface area contributed by atoms with E-state index in [1.807, 2.05) is 42.5 Å². The summed E-state index contributed by atoms with van der Waals surface area (Å²) in [5.74, 6) is 0. The van der Waals surface area contributed by atoms with Gasteiger partial charge in [-0.3, -0.25) is 15.1 Å². The average Bonchev–Trinajstić information content (AvgIpc) is 4.03. The predicted molar refractivity (Wildman–Crippen MR) is 274 cm³/mol. The second-order valence-electron chi connectivity index (χ2n) is 17.1. The van der Waals surface area contributed by atoms with E-state index in [1.165, 1.54) is 65.3 Å². The van der Waals surface area contributed by atoms with Crippen LogP contribution in [0.1, 0.15) is 11.1 Å². The lowest BCUT2D eigenvalue weighted by Crippen LogP contribution is -2.26. The van der Waals surface area contributed by atoms with Crippen molar-refractivity contribution in [3.8, 4) is 27.9 Å². The van der Waals surface area contributed by atoms with Crippen LogP contribution in [-0.4, -0.2) is 27.0 Å². The zero-order valence-corrected chi connectivity index (χ0v) is 35.6. The Bertz CT molecular complexity index is 4040. The van der Waals surface area contributed by atoms with Gasteiger partial charge in [-0.15, -0.1) is 0 Å². The number of nitrogens with one attached hydrogen (secondary N) is 2. The van der Waals surface area contributed by atoms with Gasteiger partial charge in [0.2, 0.25) is 0 Å². The summed E-state index contributed by atoms with van der Waals surface area (Å²) in [7, 11) is 2.10. The molecule has 0 amide bonds. The smallest absolute Gasteiger partial charge is 0.0712 e. The van der Waals surface area contributed by atoms with Crippen LogP contribution >= 0.6 is 0 Å². The van der Waals surface area contributed by atoms with Gasteiger partial charge in [0.05, 0.1) is 33.5 Å². The van der Waals surface area contributed by atoms with E-state index in [1.54, 1.807) is 0 Å². The van der Waals surface area contributed by atoms with E-state index in [9.17, 15) is 5.41 Å². The molecule has 306 valence electrons. The molecule has 0 radical (unpaired) electrons. The lowest BCUT2D eigenvalue weighted by Gasteiger charge is -2.26. The van der Waals surface area contributed by atoms with Crippen molar-refractivity contribution in [1.29, 1.82) is 5.41 Å². The van der Waals surface area contributed by atoms with Gasteiger partial charge in [-0.25, -0.2) is 0 Å². The van der Waals surface area contributed by atoms with Crippen LogP contribution in [0.4, 0.5) is 5.69 Å². The van der Waals surface area contributed by atoms with E-state index in [0.29, 0.717) is 5.71 Å². The van der Waals surface area contributed by atoms with Crippen LogP contribution in [0.2, 0.25) is 0 Å². The molecule has 5 heteroatoms. The van der Waals surface area contributed by atoms with Crippen LogP contribution < -0.4 is 5.01 Å². The molecule has 0 unspecified atom stereocenters. The lowest BCUT2D eigenvalue weighted by atomic mass is 9.98. The van der Waals surface area contributed by atoms with Crippen LogP contribution in [-0.2, 0) is 0 Å². The normalized spacial score (nSPS) is 11.8. The maximum Gasteiger partial charge on any atom is 0.0712 e. The number of hydrogen-bond donors (Lipinski definition) is 2. The van der Waals surface area contributed by atoms with Crippen molar-refractivity contribution >= 4 is 87.6 Å². The van der Waals surface area contributed by atoms with E-state index in [4.69, 9.17) is 0 Å². The monoisotopic (exact) mass is 831 g/mol. The number of rotatable bonds is 7. The van der Waals surface area contributed by atoms with Crippen molar-refractivity contribution in [1.82, 2.24) is 14.2 Å². The molecule has 3 aromatic heterocycles. The van der Waals surface area contributed by atoms with Gasteiger partial charge in [0.25, 0.3) is 0 Å². The highest BCUT2D eigenvalue weighted by atomic mass is 15.5. The number of nitrogens with zero attached hydrogens (tertiary/aromatic N) is 3. The first-order valence-electron chi connectivity index (χ1n) is 22.2. The fourth-order valence-corrected chi connectivity index (χ4v) is 10.4. The standard InChI is InChI=1S/C60H41N5/c1-63(54-22-12-11-21-47(54)60(61)39-15-4-2-5-16-39)65-57-23-13-10-20-46(57)48-34-43(28-33-58(48)65)42-27-32-56-50(36-42)49-35-41(26-31-55(49)64(56)44-17-6-3-7-18-44)40-25-29-52-51(37-40)59-45-19-9-8-14-38(45)24-30-53(59)62-52/h2-37,61-62H,1H3. The highest BCUT2D eigenvalue weighted by molar-refractivity contribution is 6.21. The highest BCUT2D eigenvalue weighted by Crippen LogP contribution is 2.41. The van der Waals surface area contributed by atoms with E-state index < -0.39 is 0 Å². The first kappa shape index (κ1) is 36.9. The molecule has 0 fully saturated rings. The Hall–Kier alpha value is -8.67. The number of anilines is 1. The summed E-state index contributed by atoms with van der Waals surface area (Å²) >= 11 is 0. The molecule has 0 atom stereocenters. The Morgan fingerprint density at radius 3 is 1.68 bits per heavy atom. The molecule has 5 nitrogen and oxygen atoms in total. The summed E-state index contributed by atoms with van der Waals surface area (Å²) < 4.78 is 4.69. The summed E-state index contributed by atoms with van der Waals surface area (Å²) in [6, 6.07) is 78.2. The van der Waals surface area contributed by atoms with Gasteiger partial charge in [0.1, 0.15) is 0 Å². The number of aromatic amines is 1. The summed E-state index contributed by atoms with van der Waals surface area (Å²) in [4.78, 5) is 3.68. The zero-order valence-electron chi connectivity index (χ0n) is 35.6. The minimum absolute atomic E-state index is 0.497. The molecule has 10 aromatic carbocycles. The molecule has 0 spiro atoms. The number of para-hydroxylation sites is 3. The van der Waals surface area contributed by atoms with Crippen molar-refractivity contribution in [2.45, 2.75) is 0 Å². The van der Waals surface area contributed by atoms with Gasteiger partial charge in [-0.1, -0.05) is 140 Å². The Balaban J connectivity index is 0.960. The third-order valence-electron chi connectivity index (χ3n) is 13.5. The molecule has 2 N–H and O–H groups in total. The summed E-state index contributed by atoms with van der Waals surface area (Å²) in [5.41, 5.74) is 15.9. The maximum absolute atomic E-state index is 9.23. The van der Waals surface area contributed by atoms with E-state index >= 15 is 0 Å². The Labute approximate surface area is 375 Å². The van der Waals surface area contributed by atoms with Crippen molar-refractivity contribution < 1.29 is 0 Å². The molecule has 0 aliphatic heterocycles. The summed E-state index contributed by atoms with van der Waals surface area (Å²) in [6.07, 6.45) is 0.